The normalized spacial score (nSPS) is 10.6. The minimum Gasteiger partial charge on any atom is -0.326 e. The molecule has 0 unspecified atom stereocenters. The van der Waals surface area contributed by atoms with Gasteiger partial charge in [0.05, 0.1) is 26.3 Å². The van der Waals surface area contributed by atoms with E-state index >= 15 is 0 Å². The van der Waals surface area contributed by atoms with Crippen LogP contribution < -0.4 is 16.0 Å². The summed E-state index contributed by atoms with van der Waals surface area (Å²) in [6.45, 7) is 1.44. The van der Waals surface area contributed by atoms with Crippen molar-refractivity contribution >= 4 is 67.1 Å². The Hall–Kier alpha value is -3.56. The highest BCUT2D eigenvalue weighted by Gasteiger charge is 2.16. The largest absolute Gasteiger partial charge is 0.326 e. The fourth-order valence-electron chi connectivity index (χ4n) is 2.81. The van der Waals surface area contributed by atoms with Crippen molar-refractivity contribution in [2.24, 2.45) is 0 Å². The van der Waals surface area contributed by atoms with E-state index in [1.807, 2.05) is 5.38 Å². The molecule has 9 heteroatoms. The molecule has 0 aliphatic heterocycles. The van der Waals surface area contributed by atoms with E-state index in [-0.39, 0.29) is 17.7 Å². The number of rotatable bonds is 5. The minimum atomic E-state index is -0.377. The molecule has 2 heterocycles. The molecule has 30 heavy (non-hydrogen) atoms. The van der Waals surface area contributed by atoms with Gasteiger partial charge in [-0.1, -0.05) is 29.5 Å². The number of carbonyl (C=O) groups excluding carboxylic acids is 3. The molecule has 150 valence electrons. The second-order valence-corrected chi connectivity index (χ2v) is 8.29. The van der Waals surface area contributed by atoms with Gasteiger partial charge in [0.1, 0.15) is 0 Å². The Labute approximate surface area is 179 Å². The molecule has 7 nitrogen and oxygen atoms in total. The Morgan fingerprint density at radius 2 is 1.73 bits per heavy atom. The van der Waals surface area contributed by atoms with Crippen LogP contribution in [0.15, 0.2) is 60.0 Å². The average molecular weight is 437 g/mol. The van der Waals surface area contributed by atoms with E-state index in [0.717, 1.165) is 4.70 Å². The first-order valence-electron chi connectivity index (χ1n) is 8.93. The fourth-order valence-corrected chi connectivity index (χ4v) is 4.32. The summed E-state index contributed by atoms with van der Waals surface area (Å²) in [4.78, 5) is 41.4. The van der Waals surface area contributed by atoms with Crippen LogP contribution in [0.25, 0.3) is 10.2 Å². The van der Waals surface area contributed by atoms with Crippen molar-refractivity contribution in [2.75, 3.05) is 16.0 Å². The second-order valence-electron chi connectivity index (χ2n) is 6.31. The fraction of sp³-hybridized carbons (Fsp3) is 0.0476. The number of para-hydroxylation sites is 1. The third-order valence-electron chi connectivity index (χ3n) is 4.09. The van der Waals surface area contributed by atoms with Crippen molar-refractivity contribution in [3.8, 4) is 0 Å². The molecule has 0 atom stereocenters. The van der Waals surface area contributed by atoms with E-state index in [9.17, 15) is 14.4 Å². The van der Waals surface area contributed by atoms with Crippen LogP contribution in [0, 0.1) is 0 Å². The first kappa shape index (κ1) is 19.7. The van der Waals surface area contributed by atoms with Crippen LogP contribution in [0.2, 0.25) is 0 Å². The van der Waals surface area contributed by atoms with E-state index in [1.165, 1.54) is 29.6 Å². The molecule has 0 saturated carbocycles. The van der Waals surface area contributed by atoms with Crippen molar-refractivity contribution in [3.63, 3.8) is 0 Å². The van der Waals surface area contributed by atoms with E-state index in [0.29, 0.717) is 32.5 Å². The zero-order valence-electron chi connectivity index (χ0n) is 15.8. The Morgan fingerprint density at radius 1 is 0.900 bits per heavy atom. The lowest BCUT2D eigenvalue weighted by molar-refractivity contribution is -0.114. The van der Waals surface area contributed by atoms with Crippen LogP contribution in [-0.4, -0.2) is 22.7 Å². The number of benzene rings is 2. The SMILES string of the molecule is CC(=O)Nc1ccc2nc(NC(=O)c3ccccc3NC(=O)c3cccs3)sc2c1. The van der Waals surface area contributed by atoms with Gasteiger partial charge in [0.15, 0.2) is 5.13 Å². The molecule has 2 aromatic heterocycles. The van der Waals surface area contributed by atoms with Crippen molar-refractivity contribution < 1.29 is 14.4 Å². The van der Waals surface area contributed by atoms with Crippen LogP contribution in [0.1, 0.15) is 27.0 Å². The number of carbonyl (C=O) groups is 3. The summed E-state index contributed by atoms with van der Waals surface area (Å²) in [5.41, 5.74) is 2.13. The molecule has 4 aromatic rings. The van der Waals surface area contributed by atoms with Gasteiger partial charge >= 0.3 is 0 Å². The number of amides is 3. The van der Waals surface area contributed by atoms with Gasteiger partial charge < -0.3 is 10.6 Å². The molecule has 2 aromatic carbocycles. The molecule has 0 bridgehead atoms. The Bertz CT molecular complexity index is 1250. The Kier molecular flexibility index (Phi) is 5.55. The molecule has 0 aliphatic rings. The van der Waals surface area contributed by atoms with Crippen molar-refractivity contribution in [1.82, 2.24) is 4.98 Å². The molecule has 0 radical (unpaired) electrons. The summed E-state index contributed by atoms with van der Waals surface area (Å²) in [6.07, 6.45) is 0. The maximum absolute atomic E-state index is 12.8. The monoisotopic (exact) mass is 436 g/mol. The Balaban J connectivity index is 1.54. The van der Waals surface area contributed by atoms with Gasteiger partial charge in [-0.05, 0) is 41.8 Å². The Morgan fingerprint density at radius 3 is 2.50 bits per heavy atom. The molecular formula is C21H16N4O3S2. The maximum Gasteiger partial charge on any atom is 0.265 e. The van der Waals surface area contributed by atoms with Gasteiger partial charge in [-0.2, -0.15) is 0 Å². The highest BCUT2D eigenvalue weighted by atomic mass is 32.1. The zero-order chi connectivity index (χ0) is 21.1. The number of anilines is 3. The molecule has 0 saturated heterocycles. The van der Waals surface area contributed by atoms with Crippen LogP contribution in [0.3, 0.4) is 0 Å². The number of hydrogen-bond donors (Lipinski definition) is 3. The number of thiophene rings is 1. The summed E-state index contributed by atoms with van der Waals surface area (Å²) in [6, 6.07) is 15.7. The molecule has 3 N–H and O–H groups in total. The van der Waals surface area contributed by atoms with Gasteiger partial charge in [0, 0.05) is 12.6 Å². The first-order valence-corrected chi connectivity index (χ1v) is 10.6. The molecule has 4 rings (SSSR count). The van der Waals surface area contributed by atoms with Crippen LogP contribution in [-0.2, 0) is 4.79 Å². The number of hydrogen-bond acceptors (Lipinski definition) is 6. The minimum absolute atomic E-state index is 0.159. The highest BCUT2D eigenvalue weighted by molar-refractivity contribution is 7.22. The molecule has 0 spiro atoms. The van der Waals surface area contributed by atoms with E-state index in [4.69, 9.17) is 0 Å². The summed E-state index contributed by atoms with van der Waals surface area (Å²) < 4.78 is 0.829. The zero-order valence-corrected chi connectivity index (χ0v) is 17.4. The number of fused-ring (bicyclic) bond motifs is 1. The van der Waals surface area contributed by atoms with E-state index < -0.39 is 0 Å². The van der Waals surface area contributed by atoms with Crippen molar-refractivity contribution in [1.29, 1.82) is 0 Å². The summed E-state index contributed by atoms with van der Waals surface area (Å²) in [5.74, 6) is -0.803. The van der Waals surface area contributed by atoms with Gasteiger partial charge in [0.2, 0.25) is 5.91 Å². The molecule has 0 fully saturated rings. The van der Waals surface area contributed by atoms with Crippen molar-refractivity contribution in [3.05, 3.63) is 70.4 Å². The summed E-state index contributed by atoms with van der Waals surface area (Å²) >= 11 is 2.63. The van der Waals surface area contributed by atoms with Crippen molar-refractivity contribution in [2.45, 2.75) is 6.92 Å². The third kappa shape index (κ3) is 4.37. The lowest BCUT2D eigenvalue weighted by Crippen LogP contribution is -2.17. The first-order chi connectivity index (χ1) is 14.5. The standard InChI is InChI=1S/C21H16N4O3S2/c1-12(26)22-13-8-9-16-18(11-13)30-21(24-16)25-19(27)14-5-2-3-6-15(14)23-20(28)17-7-4-10-29-17/h2-11H,1H3,(H,22,26)(H,23,28)(H,24,25,27). The summed E-state index contributed by atoms with van der Waals surface area (Å²) in [5, 5.41) is 10.5. The van der Waals surface area contributed by atoms with Crippen LogP contribution in [0.4, 0.5) is 16.5 Å². The number of nitrogens with zero attached hydrogens (tertiary/aromatic N) is 1. The number of nitrogens with one attached hydrogen (secondary N) is 3. The van der Waals surface area contributed by atoms with Gasteiger partial charge in [-0.3, -0.25) is 19.7 Å². The van der Waals surface area contributed by atoms with E-state index in [2.05, 4.69) is 20.9 Å². The predicted octanol–water partition coefficient (Wildman–Crippen LogP) is 4.82. The molecule has 3 amide bonds. The van der Waals surface area contributed by atoms with Gasteiger partial charge in [0.25, 0.3) is 11.8 Å². The quantitative estimate of drug-likeness (QED) is 0.417. The smallest absolute Gasteiger partial charge is 0.265 e. The van der Waals surface area contributed by atoms with Gasteiger partial charge in [-0.25, -0.2) is 4.98 Å². The highest BCUT2D eigenvalue weighted by Crippen LogP contribution is 2.29. The molecule has 0 aliphatic carbocycles. The maximum atomic E-state index is 12.8. The lowest BCUT2D eigenvalue weighted by atomic mass is 10.1. The van der Waals surface area contributed by atoms with E-state index in [1.54, 1.807) is 54.6 Å². The predicted molar refractivity (Wildman–Crippen MR) is 121 cm³/mol. The second kappa shape index (κ2) is 8.44. The van der Waals surface area contributed by atoms with Gasteiger partial charge in [-0.15, -0.1) is 11.3 Å². The number of aromatic nitrogens is 1. The molecular weight excluding hydrogens is 420 g/mol. The average Bonchev–Trinajstić information content (AvgIpc) is 3.37. The summed E-state index contributed by atoms with van der Waals surface area (Å²) in [7, 11) is 0. The third-order valence-corrected chi connectivity index (χ3v) is 5.90. The van der Waals surface area contributed by atoms with Crippen LogP contribution >= 0.6 is 22.7 Å². The topological polar surface area (TPSA) is 100 Å². The van der Waals surface area contributed by atoms with Crippen LogP contribution in [0.5, 0.6) is 0 Å². The number of thiazole rings is 1. The lowest BCUT2D eigenvalue weighted by Gasteiger charge is -2.09.